The van der Waals surface area contributed by atoms with Crippen LogP contribution in [0.3, 0.4) is 0 Å². The van der Waals surface area contributed by atoms with Gasteiger partial charge in [0.2, 0.25) is 0 Å². The molecule has 0 bridgehead atoms. The molecule has 0 saturated heterocycles. The molecule has 2 N–H and O–H groups in total. The predicted molar refractivity (Wildman–Crippen MR) is 40.0 cm³/mol. The molecular weight excluding hydrogens is 185 g/mol. The molecular formula is C8H13F3O2. The van der Waals surface area contributed by atoms with Gasteiger partial charge in [0.25, 0.3) is 0 Å². The first-order valence-electron chi connectivity index (χ1n) is 4.36. The number of halogens is 3. The third-order valence-electron chi connectivity index (χ3n) is 2.52. The molecule has 78 valence electrons. The highest BCUT2D eigenvalue weighted by molar-refractivity contribution is 4.83. The first-order chi connectivity index (χ1) is 5.93. The zero-order valence-corrected chi connectivity index (χ0v) is 7.09. The van der Waals surface area contributed by atoms with Crippen LogP contribution in [0.25, 0.3) is 0 Å². The lowest BCUT2D eigenvalue weighted by atomic mass is 9.82. The molecule has 0 aromatic carbocycles. The van der Waals surface area contributed by atoms with Crippen molar-refractivity contribution >= 4 is 0 Å². The Morgan fingerprint density at radius 2 is 1.69 bits per heavy atom. The molecule has 1 rings (SSSR count). The maximum absolute atomic E-state index is 12.0. The van der Waals surface area contributed by atoms with Gasteiger partial charge in [0, 0.05) is 5.92 Å². The average Bonchev–Trinajstić information content (AvgIpc) is 2.02. The normalized spacial score (nSPS) is 33.0. The molecule has 0 amide bonds. The zero-order valence-electron chi connectivity index (χ0n) is 7.09. The molecule has 1 aliphatic carbocycles. The van der Waals surface area contributed by atoms with Crippen molar-refractivity contribution in [3.05, 3.63) is 0 Å². The van der Waals surface area contributed by atoms with Crippen molar-refractivity contribution in [1.29, 1.82) is 0 Å². The summed E-state index contributed by atoms with van der Waals surface area (Å²) in [5.41, 5.74) is 0. The maximum atomic E-state index is 12.0. The number of rotatable bonds is 1. The van der Waals surface area contributed by atoms with E-state index >= 15 is 0 Å². The van der Waals surface area contributed by atoms with Crippen LogP contribution in [0.1, 0.15) is 25.7 Å². The van der Waals surface area contributed by atoms with Crippen LogP contribution in [0.15, 0.2) is 0 Å². The van der Waals surface area contributed by atoms with Gasteiger partial charge in [0.15, 0.2) is 6.10 Å². The second-order valence-corrected chi connectivity index (χ2v) is 3.50. The third kappa shape index (κ3) is 2.57. The second-order valence-electron chi connectivity index (χ2n) is 3.50. The summed E-state index contributed by atoms with van der Waals surface area (Å²) >= 11 is 0. The number of aliphatic hydroxyl groups is 2. The molecule has 0 aromatic rings. The lowest BCUT2D eigenvalue weighted by Crippen LogP contribution is -2.43. The van der Waals surface area contributed by atoms with E-state index in [0.29, 0.717) is 12.8 Å². The summed E-state index contributed by atoms with van der Waals surface area (Å²) in [5, 5.41) is 18.1. The molecule has 5 heteroatoms. The first kappa shape index (κ1) is 10.8. The van der Waals surface area contributed by atoms with Crippen molar-refractivity contribution in [1.82, 2.24) is 0 Å². The van der Waals surface area contributed by atoms with Crippen LogP contribution in [-0.2, 0) is 0 Å². The monoisotopic (exact) mass is 198 g/mol. The quantitative estimate of drug-likeness (QED) is 0.669. The highest BCUT2D eigenvalue weighted by atomic mass is 19.4. The van der Waals surface area contributed by atoms with Gasteiger partial charge in [0.1, 0.15) is 0 Å². The SMILES string of the molecule is OC1CCCCC1C(O)C(F)(F)F. The Hall–Kier alpha value is -0.290. The molecule has 0 aliphatic heterocycles. The van der Waals surface area contributed by atoms with Crippen LogP contribution < -0.4 is 0 Å². The van der Waals surface area contributed by atoms with E-state index in [0.717, 1.165) is 6.42 Å². The highest BCUT2D eigenvalue weighted by Gasteiger charge is 2.46. The Balaban J connectivity index is 2.58. The molecule has 3 atom stereocenters. The molecule has 0 aromatic heterocycles. The Bertz CT molecular complexity index is 169. The summed E-state index contributed by atoms with van der Waals surface area (Å²) in [7, 11) is 0. The summed E-state index contributed by atoms with van der Waals surface area (Å²) < 4.78 is 36.1. The van der Waals surface area contributed by atoms with E-state index in [1.54, 1.807) is 0 Å². The van der Waals surface area contributed by atoms with Crippen molar-refractivity contribution in [2.24, 2.45) is 5.92 Å². The number of hydrogen-bond donors (Lipinski definition) is 2. The van der Waals surface area contributed by atoms with Crippen LogP contribution in [-0.4, -0.2) is 28.6 Å². The predicted octanol–water partition coefficient (Wildman–Crippen LogP) is 1.46. The largest absolute Gasteiger partial charge is 0.414 e. The van der Waals surface area contributed by atoms with Crippen molar-refractivity contribution in [3.63, 3.8) is 0 Å². The van der Waals surface area contributed by atoms with E-state index in [-0.39, 0.29) is 6.42 Å². The number of alkyl halides is 3. The third-order valence-corrected chi connectivity index (χ3v) is 2.52. The summed E-state index contributed by atoms with van der Waals surface area (Å²) in [5.74, 6) is -1.03. The van der Waals surface area contributed by atoms with Crippen LogP contribution in [0.4, 0.5) is 13.2 Å². The number of hydrogen-bond acceptors (Lipinski definition) is 2. The fourth-order valence-electron chi connectivity index (χ4n) is 1.75. The molecule has 3 unspecified atom stereocenters. The van der Waals surface area contributed by atoms with Gasteiger partial charge in [-0.3, -0.25) is 0 Å². The van der Waals surface area contributed by atoms with Gasteiger partial charge in [-0.05, 0) is 12.8 Å². The van der Waals surface area contributed by atoms with E-state index in [9.17, 15) is 18.3 Å². The van der Waals surface area contributed by atoms with E-state index in [4.69, 9.17) is 5.11 Å². The fourth-order valence-corrected chi connectivity index (χ4v) is 1.75. The topological polar surface area (TPSA) is 40.5 Å². The van der Waals surface area contributed by atoms with Gasteiger partial charge in [0.05, 0.1) is 6.10 Å². The van der Waals surface area contributed by atoms with E-state index in [2.05, 4.69) is 0 Å². The Morgan fingerprint density at radius 3 is 2.15 bits per heavy atom. The van der Waals surface area contributed by atoms with Crippen molar-refractivity contribution in [2.75, 3.05) is 0 Å². The summed E-state index contributed by atoms with van der Waals surface area (Å²) in [6, 6.07) is 0. The van der Waals surface area contributed by atoms with Crippen molar-refractivity contribution in [3.8, 4) is 0 Å². The van der Waals surface area contributed by atoms with E-state index < -0.39 is 24.3 Å². The van der Waals surface area contributed by atoms with Gasteiger partial charge in [-0.1, -0.05) is 12.8 Å². The van der Waals surface area contributed by atoms with Gasteiger partial charge < -0.3 is 10.2 Å². The molecule has 1 fully saturated rings. The first-order valence-corrected chi connectivity index (χ1v) is 4.36. The summed E-state index contributed by atoms with van der Waals surface area (Å²) in [6.45, 7) is 0. The van der Waals surface area contributed by atoms with Gasteiger partial charge in [-0.15, -0.1) is 0 Å². The van der Waals surface area contributed by atoms with Crippen LogP contribution >= 0.6 is 0 Å². The highest BCUT2D eigenvalue weighted by Crippen LogP contribution is 2.34. The Labute approximate surface area is 74.4 Å². The minimum atomic E-state index is -4.61. The van der Waals surface area contributed by atoms with Crippen LogP contribution in [0.5, 0.6) is 0 Å². The van der Waals surface area contributed by atoms with Crippen LogP contribution in [0.2, 0.25) is 0 Å². The van der Waals surface area contributed by atoms with Gasteiger partial charge >= 0.3 is 6.18 Å². The van der Waals surface area contributed by atoms with Crippen LogP contribution in [0, 0.1) is 5.92 Å². The maximum Gasteiger partial charge on any atom is 0.414 e. The van der Waals surface area contributed by atoms with Gasteiger partial charge in [-0.2, -0.15) is 13.2 Å². The lowest BCUT2D eigenvalue weighted by molar-refractivity contribution is -0.231. The smallest absolute Gasteiger partial charge is 0.393 e. The standard InChI is InChI=1S/C8H13F3O2/c9-8(10,11)7(13)5-3-1-2-4-6(5)12/h5-7,12-13H,1-4H2. The molecule has 2 nitrogen and oxygen atoms in total. The van der Waals surface area contributed by atoms with Crippen molar-refractivity contribution in [2.45, 2.75) is 44.1 Å². The average molecular weight is 198 g/mol. The lowest BCUT2D eigenvalue weighted by Gasteiger charge is -2.32. The minimum absolute atomic E-state index is 0.252. The molecule has 1 saturated carbocycles. The fraction of sp³-hybridized carbons (Fsp3) is 1.00. The molecule has 13 heavy (non-hydrogen) atoms. The Kier molecular flexibility index (Phi) is 3.18. The minimum Gasteiger partial charge on any atom is -0.393 e. The number of aliphatic hydroxyl groups excluding tert-OH is 2. The Morgan fingerprint density at radius 1 is 1.15 bits per heavy atom. The van der Waals surface area contributed by atoms with Crippen molar-refractivity contribution < 1.29 is 23.4 Å². The molecule has 1 aliphatic rings. The summed E-state index contributed by atoms with van der Waals surface area (Å²) in [6.07, 6.45) is -5.99. The van der Waals surface area contributed by atoms with E-state index in [1.807, 2.05) is 0 Å². The molecule has 0 radical (unpaired) electrons. The van der Waals surface area contributed by atoms with E-state index in [1.165, 1.54) is 0 Å². The molecule has 0 heterocycles. The molecule has 0 spiro atoms. The summed E-state index contributed by atoms with van der Waals surface area (Å²) in [4.78, 5) is 0. The zero-order chi connectivity index (χ0) is 10.1. The van der Waals surface area contributed by atoms with Gasteiger partial charge in [-0.25, -0.2) is 0 Å². The second kappa shape index (κ2) is 3.84.